The fraction of sp³-hybridized carbons (Fsp3) is 0.300. The van der Waals surface area contributed by atoms with E-state index in [1.54, 1.807) is 6.92 Å². The van der Waals surface area contributed by atoms with E-state index in [0.717, 1.165) is 18.1 Å². The number of hydrogen-bond donors (Lipinski definition) is 0. The van der Waals surface area contributed by atoms with E-state index in [1.807, 2.05) is 0 Å². The number of esters is 2. The first-order valence-corrected chi connectivity index (χ1v) is 3.99. The molecule has 0 N–H and O–H groups in total. The van der Waals surface area contributed by atoms with Gasteiger partial charge in [0.15, 0.2) is 0 Å². The van der Waals surface area contributed by atoms with Gasteiger partial charge in [0, 0.05) is 18.1 Å². The molecule has 0 atom stereocenters. The lowest BCUT2D eigenvalue weighted by Crippen LogP contribution is -2.15. The second kappa shape index (κ2) is 6.88. The van der Waals surface area contributed by atoms with Crippen molar-refractivity contribution in [1.29, 1.82) is 0 Å². The Balaban J connectivity index is 3.60. The van der Waals surface area contributed by atoms with Crippen molar-refractivity contribution in [3.63, 3.8) is 0 Å². The van der Waals surface area contributed by atoms with E-state index in [4.69, 9.17) is 9.47 Å². The zero-order valence-corrected chi connectivity index (χ0v) is 8.12. The van der Waals surface area contributed by atoms with Crippen LogP contribution in [0.2, 0.25) is 0 Å². The van der Waals surface area contributed by atoms with Gasteiger partial charge in [0.05, 0.1) is 0 Å². The summed E-state index contributed by atoms with van der Waals surface area (Å²) in [6, 6.07) is 0. The van der Waals surface area contributed by atoms with Crippen LogP contribution in [-0.2, 0) is 19.1 Å². The summed E-state index contributed by atoms with van der Waals surface area (Å²) in [7, 11) is 0. The summed E-state index contributed by atoms with van der Waals surface area (Å²) < 4.78 is 9.42. The minimum atomic E-state index is -0.501. The molecule has 0 amide bonds. The summed E-state index contributed by atoms with van der Waals surface area (Å²) in [6.07, 6.45) is 2.14. The highest BCUT2D eigenvalue weighted by atomic mass is 16.5. The molecule has 0 aromatic heterocycles. The standard InChI is InChI=1S/C10H13O4/c1-4-9(11)13-6-8(3)7-14-10(12)5-2/h4-5H,1-2,6-7H2,3H3. The maximum atomic E-state index is 10.6. The van der Waals surface area contributed by atoms with Crippen LogP contribution in [0.25, 0.3) is 0 Å². The van der Waals surface area contributed by atoms with Gasteiger partial charge in [-0.25, -0.2) is 9.59 Å². The highest BCUT2D eigenvalue weighted by molar-refractivity contribution is 5.81. The Hall–Kier alpha value is -1.58. The van der Waals surface area contributed by atoms with Gasteiger partial charge in [-0.3, -0.25) is 0 Å². The summed E-state index contributed by atoms with van der Waals surface area (Å²) in [4.78, 5) is 21.3. The summed E-state index contributed by atoms with van der Waals surface area (Å²) in [6.45, 7) is 8.44. The highest BCUT2D eigenvalue weighted by Crippen LogP contribution is 2.00. The van der Waals surface area contributed by atoms with Gasteiger partial charge in [-0.15, -0.1) is 0 Å². The number of ether oxygens (including phenoxy) is 2. The van der Waals surface area contributed by atoms with Crippen LogP contribution >= 0.6 is 0 Å². The quantitative estimate of drug-likeness (QED) is 0.471. The lowest BCUT2D eigenvalue weighted by molar-refractivity contribution is -0.139. The van der Waals surface area contributed by atoms with E-state index in [9.17, 15) is 9.59 Å². The maximum absolute atomic E-state index is 10.6. The lowest BCUT2D eigenvalue weighted by Gasteiger charge is -2.09. The van der Waals surface area contributed by atoms with E-state index in [0.29, 0.717) is 0 Å². The van der Waals surface area contributed by atoms with E-state index in [1.165, 1.54) is 0 Å². The molecule has 0 aliphatic carbocycles. The Morgan fingerprint density at radius 3 is 1.71 bits per heavy atom. The molecule has 0 bridgehead atoms. The smallest absolute Gasteiger partial charge is 0.330 e. The zero-order chi connectivity index (χ0) is 11.0. The van der Waals surface area contributed by atoms with Gasteiger partial charge in [-0.05, 0) is 0 Å². The first-order chi connectivity index (χ1) is 6.60. The molecule has 0 rings (SSSR count). The van der Waals surface area contributed by atoms with Gasteiger partial charge in [-0.2, -0.15) is 0 Å². The van der Waals surface area contributed by atoms with Crippen molar-refractivity contribution in [2.45, 2.75) is 6.92 Å². The molecule has 0 saturated heterocycles. The van der Waals surface area contributed by atoms with E-state index >= 15 is 0 Å². The minimum absolute atomic E-state index is 0.120. The van der Waals surface area contributed by atoms with Crippen molar-refractivity contribution >= 4 is 11.9 Å². The van der Waals surface area contributed by atoms with Crippen LogP contribution < -0.4 is 0 Å². The SMILES string of the molecule is C=CC(=O)OC[C](C)COC(=O)C=C. The van der Waals surface area contributed by atoms with Crippen LogP contribution in [0.3, 0.4) is 0 Å². The monoisotopic (exact) mass is 197 g/mol. The Morgan fingerprint density at radius 2 is 1.43 bits per heavy atom. The van der Waals surface area contributed by atoms with Crippen molar-refractivity contribution in [2.75, 3.05) is 13.2 Å². The molecule has 0 aromatic carbocycles. The van der Waals surface area contributed by atoms with E-state index < -0.39 is 11.9 Å². The third-order valence-corrected chi connectivity index (χ3v) is 1.25. The van der Waals surface area contributed by atoms with Gasteiger partial charge in [-0.1, -0.05) is 20.1 Å². The molecule has 0 fully saturated rings. The summed E-state index contributed by atoms with van der Waals surface area (Å²) >= 11 is 0. The second-order valence-corrected chi connectivity index (χ2v) is 2.58. The third kappa shape index (κ3) is 5.99. The van der Waals surface area contributed by atoms with Gasteiger partial charge in [0.1, 0.15) is 13.2 Å². The predicted molar refractivity (Wildman–Crippen MR) is 51.2 cm³/mol. The number of rotatable bonds is 6. The molecule has 0 spiro atoms. The molecule has 4 heteroatoms. The van der Waals surface area contributed by atoms with E-state index in [-0.39, 0.29) is 13.2 Å². The van der Waals surface area contributed by atoms with Crippen molar-refractivity contribution in [3.05, 3.63) is 31.2 Å². The van der Waals surface area contributed by atoms with Crippen molar-refractivity contribution < 1.29 is 19.1 Å². The van der Waals surface area contributed by atoms with Gasteiger partial charge in [0.2, 0.25) is 0 Å². The largest absolute Gasteiger partial charge is 0.462 e. The van der Waals surface area contributed by atoms with Crippen LogP contribution in [0.5, 0.6) is 0 Å². The Kier molecular flexibility index (Phi) is 6.11. The number of carbonyl (C=O) groups is 2. The van der Waals surface area contributed by atoms with Crippen LogP contribution in [0.1, 0.15) is 6.92 Å². The molecule has 1 radical (unpaired) electrons. The molecule has 14 heavy (non-hydrogen) atoms. The van der Waals surface area contributed by atoms with Crippen molar-refractivity contribution in [3.8, 4) is 0 Å². The Bertz CT molecular complexity index is 208. The molecule has 0 saturated carbocycles. The van der Waals surface area contributed by atoms with Gasteiger partial charge >= 0.3 is 11.9 Å². The fourth-order valence-corrected chi connectivity index (χ4v) is 0.548. The Morgan fingerprint density at radius 1 is 1.07 bits per heavy atom. The first-order valence-electron chi connectivity index (χ1n) is 3.99. The molecule has 4 nitrogen and oxygen atoms in total. The molecule has 0 heterocycles. The molecular weight excluding hydrogens is 184 g/mol. The molecule has 0 aromatic rings. The third-order valence-electron chi connectivity index (χ3n) is 1.25. The normalized spacial score (nSPS) is 9.29. The topological polar surface area (TPSA) is 52.6 Å². The van der Waals surface area contributed by atoms with Crippen LogP contribution in [-0.4, -0.2) is 25.2 Å². The predicted octanol–water partition coefficient (Wildman–Crippen LogP) is 1.04. The van der Waals surface area contributed by atoms with Crippen molar-refractivity contribution in [1.82, 2.24) is 0 Å². The highest BCUT2D eigenvalue weighted by Gasteiger charge is 2.07. The molecule has 0 aliphatic heterocycles. The summed E-state index contributed by atoms with van der Waals surface area (Å²) in [5.74, 6) is -0.269. The average Bonchev–Trinajstić information content (AvgIpc) is 2.22. The Labute approximate surface area is 83.2 Å². The molecular formula is C10H13O4. The maximum Gasteiger partial charge on any atom is 0.330 e. The van der Waals surface area contributed by atoms with E-state index in [2.05, 4.69) is 13.2 Å². The van der Waals surface area contributed by atoms with Gasteiger partial charge < -0.3 is 9.47 Å². The summed E-state index contributed by atoms with van der Waals surface area (Å²) in [5.41, 5.74) is 0. The fourth-order valence-electron chi connectivity index (χ4n) is 0.548. The van der Waals surface area contributed by atoms with Crippen LogP contribution in [0.4, 0.5) is 0 Å². The molecule has 0 aliphatic rings. The van der Waals surface area contributed by atoms with Crippen molar-refractivity contribution in [2.24, 2.45) is 0 Å². The first kappa shape index (κ1) is 12.4. The summed E-state index contributed by atoms with van der Waals surface area (Å²) in [5, 5.41) is 0. The zero-order valence-electron chi connectivity index (χ0n) is 8.12. The van der Waals surface area contributed by atoms with Crippen LogP contribution in [0.15, 0.2) is 25.3 Å². The number of hydrogen-bond acceptors (Lipinski definition) is 4. The second-order valence-electron chi connectivity index (χ2n) is 2.58. The molecule has 77 valence electrons. The lowest BCUT2D eigenvalue weighted by atomic mass is 10.2. The molecule has 0 unspecified atom stereocenters. The van der Waals surface area contributed by atoms with Crippen LogP contribution in [0, 0.1) is 5.92 Å². The average molecular weight is 197 g/mol. The number of carbonyl (C=O) groups excluding carboxylic acids is 2. The minimum Gasteiger partial charge on any atom is -0.462 e. The van der Waals surface area contributed by atoms with Gasteiger partial charge in [0.25, 0.3) is 0 Å².